The molecule has 0 radical (unpaired) electrons. The Labute approximate surface area is 114 Å². The van der Waals surface area contributed by atoms with E-state index in [1.165, 1.54) is 0 Å². The number of para-hydroxylation sites is 1. The summed E-state index contributed by atoms with van der Waals surface area (Å²) in [5.41, 5.74) is 9.13. The van der Waals surface area contributed by atoms with E-state index >= 15 is 0 Å². The maximum Gasteiger partial charge on any atom is 0.153 e. The minimum absolute atomic E-state index is 0.435. The minimum Gasteiger partial charge on any atom is -0.496 e. The second-order valence-electron chi connectivity index (χ2n) is 4.61. The number of anilines is 1. The van der Waals surface area contributed by atoms with Gasteiger partial charge in [-0.2, -0.15) is 5.10 Å². The molecule has 0 bridgehead atoms. The SMILES string of the molecule is CCC(CC)c1[nH]nc(N)c1-c1ccccc1OC. The number of nitrogens with two attached hydrogens (primary N) is 1. The van der Waals surface area contributed by atoms with Crippen LogP contribution in [0.2, 0.25) is 0 Å². The van der Waals surface area contributed by atoms with E-state index in [1.807, 2.05) is 24.3 Å². The number of aromatic amines is 1. The first-order valence-electron chi connectivity index (χ1n) is 6.69. The molecule has 0 atom stereocenters. The fourth-order valence-electron chi connectivity index (χ4n) is 2.50. The highest BCUT2D eigenvalue weighted by Gasteiger charge is 2.21. The normalized spacial score (nSPS) is 10.9. The van der Waals surface area contributed by atoms with Gasteiger partial charge in [-0.1, -0.05) is 32.0 Å². The lowest BCUT2D eigenvalue weighted by Gasteiger charge is -2.14. The van der Waals surface area contributed by atoms with Gasteiger partial charge in [0.1, 0.15) is 5.75 Å². The Morgan fingerprint density at radius 2 is 1.95 bits per heavy atom. The number of ether oxygens (including phenoxy) is 1. The van der Waals surface area contributed by atoms with Gasteiger partial charge in [0.05, 0.1) is 12.7 Å². The minimum atomic E-state index is 0.435. The first-order chi connectivity index (χ1) is 9.22. The van der Waals surface area contributed by atoms with Crippen LogP contribution in [0.4, 0.5) is 5.82 Å². The summed E-state index contributed by atoms with van der Waals surface area (Å²) in [5.74, 6) is 1.79. The second-order valence-corrected chi connectivity index (χ2v) is 4.61. The lowest BCUT2D eigenvalue weighted by atomic mass is 9.92. The van der Waals surface area contributed by atoms with Gasteiger partial charge in [-0.3, -0.25) is 5.10 Å². The molecule has 19 heavy (non-hydrogen) atoms. The number of methoxy groups -OCH3 is 1. The molecule has 102 valence electrons. The van der Waals surface area contributed by atoms with Crippen molar-refractivity contribution in [2.75, 3.05) is 12.8 Å². The molecule has 4 nitrogen and oxygen atoms in total. The smallest absolute Gasteiger partial charge is 0.153 e. The molecule has 0 saturated heterocycles. The van der Waals surface area contributed by atoms with Crippen molar-refractivity contribution in [2.45, 2.75) is 32.6 Å². The zero-order valence-electron chi connectivity index (χ0n) is 11.7. The fourth-order valence-corrected chi connectivity index (χ4v) is 2.50. The number of hydrogen-bond acceptors (Lipinski definition) is 3. The third kappa shape index (κ3) is 2.43. The van der Waals surface area contributed by atoms with Gasteiger partial charge in [0.2, 0.25) is 0 Å². The molecule has 0 unspecified atom stereocenters. The Morgan fingerprint density at radius 1 is 1.26 bits per heavy atom. The predicted molar refractivity (Wildman–Crippen MR) is 78.3 cm³/mol. The standard InChI is InChI=1S/C15H21N3O/c1-4-10(5-2)14-13(15(16)18-17-14)11-8-6-7-9-12(11)19-3/h6-10H,4-5H2,1-3H3,(H3,16,17,18). The van der Waals surface area contributed by atoms with E-state index in [9.17, 15) is 0 Å². The Morgan fingerprint density at radius 3 is 2.58 bits per heavy atom. The fraction of sp³-hybridized carbons (Fsp3) is 0.400. The molecular weight excluding hydrogens is 238 g/mol. The Kier molecular flexibility index (Phi) is 4.10. The monoisotopic (exact) mass is 259 g/mol. The molecule has 0 aliphatic carbocycles. The Hall–Kier alpha value is -1.97. The number of rotatable bonds is 5. The Balaban J connectivity index is 2.58. The largest absolute Gasteiger partial charge is 0.496 e. The number of H-pyrrole nitrogens is 1. The van der Waals surface area contributed by atoms with Crippen molar-refractivity contribution in [3.8, 4) is 16.9 Å². The quantitative estimate of drug-likeness (QED) is 0.862. The maximum absolute atomic E-state index is 6.05. The molecule has 1 aromatic carbocycles. The van der Waals surface area contributed by atoms with Crippen LogP contribution in [0, 0.1) is 0 Å². The lowest BCUT2D eigenvalue weighted by Crippen LogP contribution is -2.00. The van der Waals surface area contributed by atoms with Crippen molar-refractivity contribution in [3.63, 3.8) is 0 Å². The van der Waals surface area contributed by atoms with Crippen LogP contribution >= 0.6 is 0 Å². The highest BCUT2D eigenvalue weighted by molar-refractivity contribution is 5.81. The number of benzene rings is 1. The molecule has 1 heterocycles. The summed E-state index contributed by atoms with van der Waals surface area (Å²) in [6.45, 7) is 4.36. The number of hydrogen-bond donors (Lipinski definition) is 2. The van der Waals surface area contributed by atoms with Crippen molar-refractivity contribution < 1.29 is 4.74 Å². The van der Waals surface area contributed by atoms with Crippen LogP contribution in [-0.2, 0) is 0 Å². The number of nitrogens with one attached hydrogen (secondary N) is 1. The number of nitrogens with zero attached hydrogens (tertiary/aromatic N) is 1. The summed E-state index contributed by atoms with van der Waals surface area (Å²) in [7, 11) is 1.67. The van der Waals surface area contributed by atoms with Crippen LogP contribution in [0.25, 0.3) is 11.1 Å². The van der Waals surface area contributed by atoms with Crippen LogP contribution < -0.4 is 10.5 Å². The summed E-state index contributed by atoms with van der Waals surface area (Å²) in [6.07, 6.45) is 2.11. The molecule has 0 fully saturated rings. The molecule has 2 aromatic rings. The van der Waals surface area contributed by atoms with Gasteiger partial charge in [0, 0.05) is 17.2 Å². The third-order valence-corrected chi connectivity index (χ3v) is 3.59. The van der Waals surface area contributed by atoms with Gasteiger partial charge in [0.15, 0.2) is 5.82 Å². The molecule has 0 amide bonds. The second kappa shape index (κ2) is 5.78. The van der Waals surface area contributed by atoms with Gasteiger partial charge in [-0.05, 0) is 18.9 Å². The van der Waals surface area contributed by atoms with Crippen molar-refractivity contribution in [1.82, 2.24) is 10.2 Å². The van der Waals surface area contributed by atoms with Crippen LogP contribution in [-0.4, -0.2) is 17.3 Å². The number of aromatic nitrogens is 2. The topological polar surface area (TPSA) is 63.9 Å². The van der Waals surface area contributed by atoms with Crippen molar-refractivity contribution in [2.24, 2.45) is 0 Å². The highest BCUT2D eigenvalue weighted by Crippen LogP contribution is 2.39. The van der Waals surface area contributed by atoms with E-state index in [4.69, 9.17) is 10.5 Å². The maximum atomic E-state index is 6.05. The zero-order valence-corrected chi connectivity index (χ0v) is 11.7. The highest BCUT2D eigenvalue weighted by atomic mass is 16.5. The first kappa shape index (κ1) is 13.5. The van der Waals surface area contributed by atoms with Gasteiger partial charge in [0.25, 0.3) is 0 Å². The molecule has 0 aliphatic rings. The van der Waals surface area contributed by atoms with Crippen LogP contribution in [0.1, 0.15) is 38.3 Å². The Bertz CT molecular complexity index is 544. The van der Waals surface area contributed by atoms with Gasteiger partial charge >= 0.3 is 0 Å². The average molecular weight is 259 g/mol. The van der Waals surface area contributed by atoms with Crippen molar-refractivity contribution in [1.29, 1.82) is 0 Å². The molecule has 1 aromatic heterocycles. The van der Waals surface area contributed by atoms with E-state index < -0.39 is 0 Å². The third-order valence-electron chi connectivity index (χ3n) is 3.59. The predicted octanol–water partition coefficient (Wildman–Crippen LogP) is 3.57. The zero-order chi connectivity index (χ0) is 13.8. The lowest BCUT2D eigenvalue weighted by molar-refractivity contribution is 0.416. The number of nitrogen functional groups attached to an aromatic ring is 1. The molecule has 0 aliphatic heterocycles. The molecule has 0 spiro atoms. The molecular formula is C15H21N3O. The van der Waals surface area contributed by atoms with Gasteiger partial charge < -0.3 is 10.5 Å². The molecule has 3 N–H and O–H groups in total. The van der Waals surface area contributed by atoms with E-state index in [1.54, 1.807) is 7.11 Å². The van der Waals surface area contributed by atoms with E-state index in [-0.39, 0.29) is 0 Å². The summed E-state index contributed by atoms with van der Waals surface area (Å²) < 4.78 is 5.43. The van der Waals surface area contributed by atoms with Gasteiger partial charge in [-0.25, -0.2) is 0 Å². The molecule has 2 rings (SSSR count). The molecule has 0 saturated carbocycles. The van der Waals surface area contributed by atoms with Crippen LogP contribution in [0.15, 0.2) is 24.3 Å². The summed E-state index contributed by atoms with van der Waals surface area (Å²) in [6, 6.07) is 7.90. The molecule has 4 heteroatoms. The van der Waals surface area contributed by atoms with Crippen molar-refractivity contribution >= 4 is 5.82 Å². The van der Waals surface area contributed by atoms with Crippen LogP contribution in [0.3, 0.4) is 0 Å². The van der Waals surface area contributed by atoms with E-state index in [0.717, 1.165) is 35.4 Å². The van der Waals surface area contributed by atoms with Crippen molar-refractivity contribution in [3.05, 3.63) is 30.0 Å². The summed E-state index contributed by atoms with van der Waals surface area (Å²) in [5, 5.41) is 7.28. The summed E-state index contributed by atoms with van der Waals surface area (Å²) >= 11 is 0. The first-order valence-corrected chi connectivity index (χ1v) is 6.69. The summed E-state index contributed by atoms with van der Waals surface area (Å²) in [4.78, 5) is 0. The van der Waals surface area contributed by atoms with E-state index in [2.05, 4.69) is 24.0 Å². The van der Waals surface area contributed by atoms with Gasteiger partial charge in [-0.15, -0.1) is 0 Å². The van der Waals surface area contributed by atoms with Crippen LogP contribution in [0.5, 0.6) is 5.75 Å². The average Bonchev–Trinajstić information content (AvgIpc) is 2.82. The van der Waals surface area contributed by atoms with E-state index in [0.29, 0.717) is 11.7 Å².